The van der Waals surface area contributed by atoms with Crippen LogP contribution >= 0.6 is 6.60 Å². The van der Waals surface area contributed by atoms with Crippen molar-refractivity contribution < 1.29 is 0 Å². The Labute approximate surface area is 208 Å². The molecule has 0 N–H and O–H groups in total. The third-order valence-electron chi connectivity index (χ3n) is 6.21. The molecule has 0 saturated carbocycles. The maximum absolute atomic E-state index is 3.89. The first-order chi connectivity index (χ1) is 17.3. The summed E-state index contributed by atoms with van der Waals surface area (Å²) in [6.45, 7) is -3.59. The maximum atomic E-state index is 3.89. The topological polar surface area (TPSA) is 0 Å². The number of rotatable bonds is 3. The molecule has 0 atom stereocenters. The van der Waals surface area contributed by atoms with Crippen LogP contribution in [0.5, 0.6) is 0 Å². The summed E-state index contributed by atoms with van der Waals surface area (Å²) >= 11 is 0. The molecule has 1 heteroatoms. The van der Waals surface area contributed by atoms with Crippen LogP contribution in [0.1, 0.15) is 11.1 Å². The molecule has 35 heavy (non-hydrogen) atoms. The molecule has 0 spiro atoms. The molecule has 166 valence electrons. The van der Waals surface area contributed by atoms with Crippen LogP contribution in [0.15, 0.2) is 152 Å². The fourth-order valence-electron chi connectivity index (χ4n) is 4.44. The zero-order chi connectivity index (χ0) is 23.8. The Morgan fingerprint density at radius 3 is 0.857 bits per heavy atom. The van der Waals surface area contributed by atoms with Gasteiger partial charge in [-0.05, 0) is 0 Å². The second-order valence-corrected chi connectivity index (χ2v) is 12.6. The summed E-state index contributed by atoms with van der Waals surface area (Å²) in [5.74, 6) is 7.13. The fraction of sp³-hybridized carbons (Fsp3) is 0. The van der Waals surface area contributed by atoms with Gasteiger partial charge in [0.25, 0.3) is 0 Å². The van der Waals surface area contributed by atoms with E-state index in [0.29, 0.717) is 0 Å². The summed E-state index contributed by atoms with van der Waals surface area (Å²) in [5, 5.41) is 3.42. The van der Waals surface area contributed by atoms with Crippen LogP contribution < -0.4 is 15.9 Å². The van der Waals surface area contributed by atoms with Crippen molar-refractivity contribution in [2.24, 2.45) is 0 Å². The molecule has 0 unspecified atom stereocenters. The van der Waals surface area contributed by atoms with E-state index in [2.05, 4.69) is 138 Å². The molecule has 0 radical (unpaired) electrons. The van der Waals surface area contributed by atoms with E-state index in [-0.39, 0.29) is 0 Å². The van der Waals surface area contributed by atoms with Gasteiger partial charge >= 0.3 is 208 Å². The number of benzene rings is 5. The van der Waals surface area contributed by atoms with Gasteiger partial charge < -0.3 is 0 Å². The molecule has 0 nitrogen and oxygen atoms in total. The van der Waals surface area contributed by atoms with Crippen LogP contribution in [0.25, 0.3) is 0 Å². The third kappa shape index (κ3) is 4.18. The van der Waals surface area contributed by atoms with Crippen LogP contribution in [0, 0.1) is 23.2 Å². The Bertz CT molecular complexity index is 1360. The molecule has 0 amide bonds. The molecule has 5 aromatic carbocycles. The molecule has 0 aliphatic carbocycles. The molecule has 0 heterocycles. The quantitative estimate of drug-likeness (QED) is 0.210. The average Bonchev–Trinajstić information content (AvgIpc) is 2.96. The first-order valence-electron chi connectivity index (χ1n) is 11.7. The Hall–Kier alpha value is -4.35. The van der Waals surface area contributed by atoms with E-state index >= 15 is 0 Å². The molecule has 5 aromatic rings. The Morgan fingerprint density at radius 2 is 0.571 bits per heavy atom. The van der Waals surface area contributed by atoms with Gasteiger partial charge in [-0.1, -0.05) is 0 Å². The summed E-state index contributed by atoms with van der Waals surface area (Å²) in [6.07, 6.45) is 0. The molecule has 0 fully saturated rings. The predicted molar refractivity (Wildman–Crippen MR) is 152 cm³/mol. The van der Waals surface area contributed by atoms with Gasteiger partial charge in [0.2, 0.25) is 0 Å². The van der Waals surface area contributed by atoms with Gasteiger partial charge in [0, 0.05) is 0 Å². The average molecular weight is 465 g/mol. The van der Waals surface area contributed by atoms with Crippen LogP contribution in [0.3, 0.4) is 0 Å². The molecule has 0 bridgehead atoms. The second kappa shape index (κ2) is 9.87. The summed E-state index contributed by atoms with van der Waals surface area (Å²) in [6, 6.07) is 52.3. The predicted octanol–water partition coefficient (Wildman–Crippen LogP) is 6.53. The first-order valence-corrected chi connectivity index (χ1v) is 13.9. The molecule has 0 saturated heterocycles. The van der Waals surface area contributed by atoms with Gasteiger partial charge in [-0.25, -0.2) is 0 Å². The van der Waals surface area contributed by atoms with E-state index in [1.165, 1.54) is 0 Å². The standard InChI is InChI=1S/C34H25P/c1-6-16-30(17-7-1)26-28-35(32-20-10-3-11-21-32,33-22-12-4-13-23-33,34-24-14-5-15-25-34)29-27-31-18-8-2-9-19-31/h1-25H. The van der Waals surface area contributed by atoms with Crippen LogP contribution in [-0.4, -0.2) is 0 Å². The van der Waals surface area contributed by atoms with Gasteiger partial charge in [-0.2, -0.15) is 0 Å². The minimum atomic E-state index is -3.59. The molecular weight excluding hydrogens is 439 g/mol. The normalized spacial score (nSPS) is 11.6. The van der Waals surface area contributed by atoms with Gasteiger partial charge in [0.05, 0.1) is 0 Å². The summed E-state index contributed by atoms with van der Waals surface area (Å²) in [4.78, 5) is 0. The minimum absolute atomic E-state index is 0.978. The van der Waals surface area contributed by atoms with Crippen LogP contribution in [0.4, 0.5) is 0 Å². The van der Waals surface area contributed by atoms with Gasteiger partial charge in [0.15, 0.2) is 0 Å². The summed E-state index contributed by atoms with van der Waals surface area (Å²) < 4.78 is 0. The molecular formula is C34H25P. The Morgan fingerprint density at radius 1 is 0.314 bits per heavy atom. The zero-order valence-corrected chi connectivity index (χ0v) is 20.3. The Balaban J connectivity index is 1.99. The van der Waals surface area contributed by atoms with Crippen molar-refractivity contribution >= 4 is 22.5 Å². The molecule has 5 rings (SSSR count). The number of hydrogen-bond acceptors (Lipinski definition) is 0. The van der Waals surface area contributed by atoms with Crippen molar-refractivity contribution in [3.63, 3.8) is 0 Å². The molecule has 0 aliphatic rings. The van der Waals surface area contributed by atoms with E-state index in [0.717, 1.165) is 27.0 Å². The van der Waals surface area contributed by atoms with Crippen molar-refractivity contribution in [2.75, 3.05) is 0 Å². The number of hydrogen-bond donors (Lipinski definition) is 0. The van der Waals surface area contributed by atoms with Crippen molar-refractivity contribution in [3.05, 3.63) is 163 Å². The van der Waals surface area contributed by atoms with Crippen molar-refractivity contribution in [1.82, 2.24) is 0 Å². The van der Waals surface area contributed by atoms with Crippen molar-refractivity contribution in [3.8, 4) is 23.2 Å². The van der Waals surface area contributed by atoms with Crippen LogP contribution in [-0.2, 0) is 0 Å². The summed E-state index contributed by atoms with van der Waals surface area (Å²) in [7, 11) is 0. The van der Waals surface area contributed by atoms with E-state index in [4.69, 9.17) is 0 Å². The SMILES string of the molecule is C(#CP(C#Cc1ccccc1)(c1ccccc1)(c1ccccc1)c1ccccc1)c1ccccc1. The van der Waals surface area contributed by atoms with E-state index in [1.807, 2.05) is 36.4 Å². The van der Waals surface area contributed by atoms with E-state index in [9.17, 15) is 0 Å². The Kier molecular flexibility index (Phi) is 6.33. The third-order valence-corrected chi connectivity index (χ3v) is 11.3. The van der Waals surface area contributed by atoms with Gasteiger partial charge in [-0.15, -0.1) is 0 Å². The molecule has 0 aromatic heterocycles. The zero-order valence-electron chi connectivity index (χ0n) is 19.4. The van der Waals surface area contributed by atoms with Crippen molar-refractivity contribution in [1.29, 1.82) is 0 Å². The van der Waals surface area contributed by atoms with Crippen LogP contribution in [0.2, 0.25) is 0 Å². The van der Waals surface area contributed by atoms with E-state index < -0.39 is 6.60 Å². The molecule has 0 aliphatic heterocycles. The second-order valence-electron chi connectivity index (χ2n) is 8.33. The van der Waals surface area contributed by atoms with Crippen molar-refractivity contribution in [2.45, 2.75) is 0 Å². The monoisotopic (exact) mass is 464 g/mol. The van der Waals surface area contributed by atoms with Gasteiger partial charge in [0.1, 0.15) is 0 Å². The van der Waals surface area contributed by atoms with E-state index in [1.54, 1.807) is 0 Å². The van der Waals surface area contributed by atoms with Gasteiger partial charge in [-0.3, -0.25) is 0 Å². The fourth-order valence-corrected chi connectivity index (χ4v) is 9.17. The first kappa shape index (κ1) is 22.4. The summed E-state index contributed by atoms with van der Waals surface area (Å²) in [5.41, 5.74) is 9.73.